The van der Waals surface area contributed by atoms with Gasteiger partial charge in [-0.1, -0.05) is 47.6 Å². The summed E-state index contributed by atoms with van der Waals surface area (Å²) in [6.45, 7) is 21.5. The van der Waals surface area contributed by atoms with Gasteiger partial charge in [0.1, 0.15) is 5.69 Å². The summed E-state index contributed by atoms with van der Waals surface area (Å²) in [4.78, 5) is 21.8. The van der Waals surface area contributed by atoms with Crippen molar-refractivity contribution in [2.75, 3.05) is 33.9 Å². The molecule has 0 fully saturated rings. The molecule has 0 saturated heterocycles. The Labute approximate surface area is 308 Å². The van der Waals surface area contributed by atoms with E-state index in [1.165, 1.54) is 33.5 Å². The van der Waals surface area contributed by atoms with Crippen molar-refractivity contribution in [3.63, 3.8) is 0 Å². The zero-order valence-electron chi connectivity index (χ0n) is 32.6. The molecule has 1 unspecified atom stereocenters. The Morgan fingerprint density at radius 3 is 1.65 bits per heavy atom. The number of nitro groups is 2. The molecular weight excluding hydrogens is 705 g/mol. The zero-order valence-corrected chi connectivity index (χ0v) is 34.6. The Morgan fingerprint density at radius 1 is 0.692 bits per heavy atom. The van der Waals surface area contributed by atoms with Crippen LogP contribution in [0.25, 0.3) is 0 Å². The van der Waals surface area contributed by atoms with Crippen molar-refractivity contribution in [3.8, 4) is 34.5 Å². The van der Waals surface area contributed by atoms with Gasteiger partial charge in [0, 0.05) is 17.8 Å². The van der Waals surface area contributed by atoms with Crippen LogP contribution in [0.1, 0.15) is 58.6 Å². The van der Waals surface area contributed by atoms with Crippen molar-refractivity contribution in [1.29, 1.82) is 0 Å². The molecule has 0 spiro atoms. The number of benzene rings is 3. The van der Waals surface area contributed by atoms with Gasteiger partial charge in [0.2, 0.25) is 5.75 Å². The van der Waals surface area contributed by atoms with Crippen LogP contribution in [-0.4, -0.2) is 61.1 Å². The van der Waals surface area contributed by atoms with Crippen LogP contribution in [0.4, 0.5) is 17.1 Å². The van der Waals surface area contributed by atoms with E-state index in [1.54, 1.807) is 25.5 Å². The highest BCUT2D eigenvalue weighted by Gasteiger charge is 2.44. The molecule has 14 nitrogen and oxygen atoms in total. The predicted octanol–water partition coefficient (Wildman–Crippen LogP) is 9.54. The molecule has 0 saturated carbocycles. The molecule has 3 aromatic carbocycles. The van der Waals surface area contributed by atoms with E-state index in [1.807, 2.05) is 12.1 Å². The number of nitrogens with zero attached hydrogens (tertiary/aromatic N) is 3. The van der Waals surface area contributed by atoms with Gasteiger partial charge >= 0.3 is 5.69 Å². The number of hydrogen-bond donors (Lipinski definition) is 1. The molecule has 0 aliphatic heterocycles. The van der Waals surface area contributed by atoms with Gasteiger partial charge in [-0.25, -0.2) is 0 Å². The zero-order chi connectivity index (χ0) is 39.4. The molecule has 3 rings (SSSR count). The van der Waals surface area contributed by atoms with Crippen LogP contribution in [0, 0.1) is 20.2 Å². The SMILES string of the molecule is COc1cc(C(/C=N/Nc2ccc([N+](=O)[O-])cc2[N+](=O)[O-])c2ccc(OC)c(O[Si](C)(C)C(C)(C)C)c2O[Si](C)(C)C(C)(C)C)cc(OC)c1OC. The monoisotopic (exact) mass is 756 g/mol. The summed E-state index contributed by atoms with van der Waals surface area (Å²) in [5.41, 5.74) is 3.09. The Bertz CT molecular complexity index is 1790. The number of rotatable bonds is 15. The summed E-state index contributed by atoms with van der Waals surface area (Å²) >= 11 is 0. The summed E-state index contributed by atoms with van der Waals surface area (Å²) in [5.74, 6) is 1.94. The quantitative estimate of drug-likeness (QED) is 0.0679. The average Bonchev–Trinajstić information content (AvgIpc) is 3.05. The Morgan fingerprint density at radius 2 is 1.21 bits per heavy atom. The third-order valence-corrected chi connectivity index (χ3v) is 18.5. The minimum atomic E-state index is -2.56. The van der Waals surface area contributed by atoms with Gasteiger partial charge < -0.3 is 27.8 Å². The second-order valence-corrected chi connectivity index (χ2v) is 24.7. The molecular formula is C36H52N4O10Si2. The first-order chi connectivity index (χ1) is 24.0. The van der Waals surface area contributed by atoms with Crippen LogP contribution in [0.2, 0.25) is 36.3 Å². The Balaban J connectivity index is 2.44. The maximum Gasteiger partial charge on any atom is 0.301 e. The number of hydrazone groups is 1. The van der Waals surface area contributed by atoms with Crippen LogP contribution in [-0.2, 0) is 0 Å². The molecule has 0 bridgehead atoms. The number of hydrogen-bond acceptors (Lipinski definition) is 12. The highest BCUT2D eigenvalue weighted by atomic mass is 28.4. The minimum absolute atomic E-state index is 0.0371. The van der Waals surface area contributed by atoms with Gasteiger partial charge in [0.15, 0.2) is 28.7 Å². The Kier molecular flexibility index (Phi) is 12.6. The van der Waals surface area contributed by atoms with Crippen molar-refractivity contribution in [2.24, 2.45) is 5.10 Å². The van der Waals surface area contributed by atoms with E-state index in [-0.39, 0.29) is 15.8 Å². The maximum absolute atomic E-state index is 11.9. The van der Waals surface area contributed by atoms with Gasteiger partial charge in [-0.05, 0) is 66.1 Å². The third-order valence-electron chi connectivity index (χ3n) is 9.83. The lowest BCUT2D eigenvalue weighted by molar-refractivity contribution is -0.393. The fourth-order valence-corrected chi connectivity index (χ4v) is 6.71. The van der Waals surface area contributed by atoms with Crippen molar-refractivity contribution < 1.29 is 37.6 Å². The molecule has 1 atom stereocenters. The molecule has 0 aliphatic carbocycles. The summed E-state index contributed by atoms with van der Waals surface area (Å²) < 4.78 is 37.1. The highest BCUT2D eigenvalue weighted by Crippen LogP contribution is 2.51. The number of non-ortho nitro benzene ring substituents is 1. The van der Waals surface area contributed by atoms with E-state index >= 15 is 0 Å². The predicted molar refractivity (Wildman–Crippen MR) is 208 cm³/mol. The lowest BCUT2D eigenvalue weighted by atomic mass is 9.90. The fourth-order valence-electron chi connectivity index (χ4n) is 4.67. The normalized spacial score (nSPS) is 13.0. The summed E-state index contributed by atoms with van der Waals surface area (Å²) in [7, 11) is 1.09. The van der Waals surface area contributed by atoms with Crippen LogP contribution < -0.4 is 33.2 Å². The average molecular weight is 757 g/mol. The minimum Gasteiger partial charge on any atom is -0.541 e. The molecule has 1 N–H and O–H groups in total. The standard InChI is InChI=1S/C36H52N4O10Si2/c1-35(2,3)51(11,12)49-32-25(16-18-29(45-7)34(32)50-52(13,14)36(4,5)6)26(23-19-30(46-8)33(48-10)31(20-23)47-9)22-37-38-27-17-15-24(39(41)42)21-28(27)40(43)44/h15-22,26,38H,1-14H3/b37-22+. The van der Waals surface area contributed by atoms with Gasteiger partial charge in [0.25, 0.3) is 22.3 Å². The van der Waals surface area contributed by atoms with E-state index in [4.69, 9.17) is 27.8 Å². The van der Waals surface area contributed by atoms with Crippen molar-refractivity contribution >= 4 is 39.9 Å². The van der Waals surface area contributed by atoms with E-state index in [0.717, 1.165) is 6.07 Å². The molecule has 0 radical (unpaired) electrons. The molecule has 16 heteroatoms. The lowest BCUT2D eigenvalue weighted by Crippen LogP contribution is -2.46. The van der Waals surface area contributed by atoms with Crippen LogP contribution in [0.5, 0.6) is 34.5 Å². The first-order valence-electron chi connectivity index (χ1n) is 16.6. The van der Waals surface area contributed by atoms with Gasteiger partial charge in [-0.3, -0.25) is 25.7 Å². The molecule has 0 heterocycles. The smallest absolute Gasteiger partial charge is 0.301 e. The second-order valence-electron chi connectivity index (χ2n) is 15.3. The Hall–Kier alpha value is -4.84. The van der Waals surface area contributed by atoms with E-state index < -0.39 is 43.8 Å². The summed E-state index contributed by atoms with van der Waals surface area (Å²) in [6.07, 6.45) is 1.57. The first-order valence-corrected chi connectivity index (χ1v) is 22.5. The van der Waals surface area contributed by atoms with Crippen LogP contribution in [0.3, 0.4) is 0 Å². The number of anilines is 1. The van der Waals surface area contributed by atoms with E-state index in [0.29, 0.717) is 45.6 Å². The van der Waals surface area contributed by atoms with Gasteiger partial charge in [0.05, 0.1) is 50.3 Å². The molecule has 284 valence electrons. The number of methoxy groups -OCH3 is 4. The molecule has 0 aliphatic rings. The summed E-state index contributed by atoms with van der Waals surface area (Å²) in [5, 5.41) is 27.3. The van der Waals surface area contributed by atoms with Gasteiger partial charge in [-0.2, -0.15) is 5.10 Å². The fraction of sp³-hybridized carbons (Fsp3) is 0.472. The van der Waals surface area contributed by atoms with Crippen molar-refractivity contribution in [3.05, 3.63) is 73.8 Å². The number of nitro benzene ring substituents is 2. The summed E-state index contributed by atoms with van der Waals surface area (Å²) in [6, 6.07) is 10.6. The van der Waals surface area contributed by atoms with Crippen LogP contribution >= 0.6 is 0 Å². The third kappa shape index (κ3) is 8.96. The molecule has 3 aromatic rings. The molecule has 52 heavy (non-hydrogen) atoms. The number of ether oxygens (including phenoxy) is 4. The highest BCUT2D eigenvalue weighted by molar-refractivity contribution is 6.75. The van der Waals surface area contributed by atoms with Gasteiger partial charge in [-0.15, -0.1) is 0 Å². The lowest BCUT2D eigenvalue weighted by Gasteiger charge is -2.41. The number of nitrogens with one attached hydrogen (secondary N) is 1. The largest absolute Gasteiger partial charge is 0.541 e. The maximum atomic E-state index is 11.9. The van der Waals surface area contributed by atoms with Crippen LogP contribution in [0.15, 0.2) is 47.6 Å². The van der Waals surface area contributed by atoms with E-state index in [2.05, 4.69) is 78.3 Å². The van der Waals surface area contributed by atoms with Crippen molar-refractivity contribution in [1.82, 2.24) is 0 Å². The first kappa shape index (κ1) is 41.6. The molecule has 0 amide bonds. The molecule has 0 aromatic heterocycles. The topological polar surface area (TPSA) is 166 Å². The van der Waals surface area contributed by atoms with E-state index in [9.17, 15) is 20.2 Å². The van der Waals surface area contributed by atoms with Crippen molar-refractivity contribution in [2.45, 2.75) is 83.7 Å². The second kappa shape index (κ2) is 15.8.